The molecule has 80 heavy (non-hydrogen) atoms. The highest BCUT2D eigenvalue weighted by Crippen LogP contribution is 2.54. The Morgan fingerprint density at radius 1 is 0.325 bits per heavy atom. The summed E-state index contributed by atoms with van der Waals surface area (Å²) in [5, 5.41) is 2.36. The van der Waals surface area contributed by atoms with Crippen LogP contribution in [0.2, 0.25) is 0 Å². The van der Waals surface area contributed by atoms with E-state index in [9.17, 15) is 0 Å². The normalized spacial score (nSPS) is 14.5. The number of aromatic nitrogens is 4. The molecule has 1 aliphatic heterocycles. The number of fused-ring (bicyclic) bond motifs is 6. The molecule has 0 amide bonds. The van der Waals surface area contributed by atoms with Crippen LogP contribution >= 0.6 is 0 Å². The predicted octanol–water partition coefficient (Wildman–Crippen LogP) is 18.9. The topological polar surface area (TPSA) is 46.8 Å². The van der Waals surface area contributed by atoms with E-state index in [1.54, 1.807) is 0 Å². The minimum absolute atomic E-state index is 0.0780. The van der Waals surface area contributed by atoms with Gasteiger partial charge in [0.2, 0.25) is 0 Å². The smallest absolute Gasteiger partial charge is 0.166 e. The zero-order valence-corrected chi connectivity index (χ0v) is 43.7. The van der Waals surface area contributed by atoms with Crippen molar-refractivity contribution in [1.82, 2.24) is 19.5 Å². The van der Waals surface area contributed by atoms with Crippen molar-refractivity contribution >= 4 is 38.8 Å². The molecule has 2 atom stereocenters. The lowest BCUT2D eigenvalue weighted by atomic mass is 9.83. The molecule has 11 aromatic carbocycles. The third-order valence-electron chi connectivity index (χ3n) is 16.0. The van der Waals surface area contributed by atoms with Crippen LogP contribution in [0.15, 0.2) is 297 Å². The molecule has 0 saturated heterocycles. The van der Waals surface area contributed by atoms with E-state index < -0.39 is 0 Å². The first-order valence-corrected chi connectivity index (χ1v) is 27.4. The lowest BCUT2D eigenvalue weighted by Crippen LogP contribution is -2.29. The van der Waals surface area contributed by atoms with Gasteiger partial charge in [-0.3, -0.25) is 0 Å². The predicted molar refractivity (Wildman–Crippen MR) is 331 cm³/mol. The van der Waals surface area contributed by atoms with Crippen LogP contribution in [-0.2, 0) is 0 Å². The highest BCUT2D eigenvalue weighted by molar-refractivity contribution is 6.17. The Morgan fingerprint density at radius 2 is 0.838 bits per heavy atom. The largest absolute Gasteiger partial charge is 0.333 e. The maximum Gasteiger partial charge on any atom is 0.166 e. The van der Waals surface area contributed by atoms with Crippen molar-refractivity contribution in [3.63, 3.8) is 0 Å². The molecule has 13 aromatic rings. The maximum atomic E-state index is 5.53. The van der Waals surface area contributed by atoms with Crippen molar-refractivity contribution in [3.8, 4) is 84.4 Å². The fourth-order valence-corrected chi connectivity index (χ4v) is 12.4. The molecule has 3 heterocycles. The van der Waals surface area contributed by atoms with Crippen LogP contribution in [0.3, 0.4) is 0 Å². The summed E-state index contributed by atoms with van der Waals surface area (Å²) in [5.41, 5.74) is 21.1. The number of benzene rings is 11. The highest BCUT2D eigenvalue weighted by Gasteiger charge is 2.40. The van der Waals surface area contributed by atoms with E-state index in [1.807, 2.05) is 6.07 Å². The van der Waals surface area contributed by atoms with Crippen LogP contribution in [0.25, 0.3) is 112 Å². The minimum atomic E-state index is 0.0780. The molecule has 2 aliphatic rings. The molecular weight excluding hydrogens is 971 g/mol. The van der Waals surface area contributed by atoms with Crippen LogP contribution in [-0.4, -0.2) is 25.6 Å². The van der Waals surface area contributed by atoms with Crippen molar-refractivity contribution < 1.29 is 0 Å². The summed E-state index contributed by atoms with van der Waals surface area (Å²) in [6, 6.07) is 99.7. The SMILES string of the molecule is C1=CC2c3c(-c4cccc5c4c4ccccc4n5-c4cc(-c5ccccc5)ccc4-c4nc(-c5ccc(-c6ccccc6)cc5)nc(-c5ccccc5-c5ccccc5)n4)cccc3N(c3ccccc3)C2C=C1c1ccccc1. The molecule has 376 valence electrons. The summed E-state index contributed by atoms with van der Waals surface area (Å²) in [6.07, 6.45) is 7.25. The van der Waals surface area contributed by atoms with Crippen LogP contribution < -0.4 is 4.90 Å². The monoisotopic (exact) mass is 1020 g/mol. The van der Waals surface area contributed by atoms with Crippen molar-refractivity contribution in [2.24, 2.45) is 0 Å². The molecule has 5 heteroatoms. The summed E-state index contributed by atoms with van der Waals surface area (Å²) < 4.78 is 2.45. The lowest BCUT2D eigenvalue weighted by Gasteiger charge is -2.30. The van der Waals surface area contributed by atoms with Gasteiger partial charge < -0.3 is 9.47 Å². The molecule has 5 nitrogen and oxygen atoms in total. The third-order valence-corrected chi connectivity index (χ3v) is 16.0. The zero-order chi connectivity index (χ0) is 52.9. The first kappa shape index (κ1) is 46.8. The standard InChI is InChI=1S/C75H51N5/c1-6-22-50(23-7-1)53-40-42-55(43-41-53)73-76-74(62-33-17-16-32-59(62)54-28-12-4-13-29-54)78-75(77-73)65-47-45-57(52-26-10-3-11-27-52)49-70(65)80-66-37-19-18-34-63(66)71-60(36-21-39-68(71)80)61-35-20-38-67-72(61)64-46-44-56(51-24-8-2-9-25-51)48-69(64)79(67)58-30-14-5-15-31-58/h1-49,64,69H. The minimum Gasteiger partial charge on any atom is -0.333 e. The van der Waals surface area contributed by atoms with Crippen molar-refractivity contribution in [3.05, 3.63) is 308 Å². The summed E-state index contributed by atoms with van der Waals surface area (Å²) in [5.74, 6) is 1.89. The van der Waals surface area contributed by atoms with Gasteiger partial charge in [-0.1, -0.05) is 255 Å². The fraction of sp³-hybridized carbons (Fsp3) is 0.0267. The second-order valence-electron chi connectivity index (χ2n) is 20.6. The van der Waals surface area contributed by atoms with Gasteiger partial charge in [0.05, 0.1) is 22.8 Å². The van der Waals surface area contributed by atoms with E-state index in [0.29, 0.717) is 17.5 Å². The fourth-order valence-electron chi connectivity index (χ4n) is 12.4. The molecule has 15 rings (SSSR count). The molecule has 0 saturated carbocycles. The Labute approximate surface area is 465 Å². The van der Waals surface area contributed by atoms with Gasteiger partial charge in [-0.2, -0.15) is 0 Å². The lowest BCUT2D eigenvalue weighted by molar-refractivity contribution is 0.748. The molecule has 1 aliphatic carbocycles. The van der Waals surface area contributed by atoms with Gasteiger partial charge in [-0.25, -0.2) is 15.0 Å². The molecular formula is C75H51N5. The summed E-state index contributed by atoms with van der Waals surface area (Å²) in [7, 11) is 0. The number of nitrogens with zero attached hydrogens (tertiary/aromatic N) is 5. The first-order valence-electron chi connectivity index (χ1n) is 27.4. The Kier molecular flexibility index (Phi) is 11.6. The van der Waals surface area contributed by atoms with Gasteiger partial charge in [0, 0.05) is 44.8 Å². The first-order chi connectivity index (χ1) is 39.7. The number of rotatable bonds is 10. The van der Waals surface area contributed by atoms with Crippen LogP contribution in [0, 0.1) is 0 Å². The van der Waals surface area contributed by atoms with Gasteiger partial charge in [0.1, 0.15) is 0 Å². The molecule has 2 aromatic heterocycles. The van der Waals surface area contributed by atoms with Crippen molar-refractivity contribution in [1.29, 1.82) is 0 Å². The van der Waals surface area contributed by atoms with E-state index in [2.05, 4.69) is 301 Å². The summed E-state index contributed by atoms with van der Waals surface area (Å²) >= 11 is 0. The van der Waals surface area contributed by atoms with E-state index in [1.165, 1.54) is 50.0 Å². The van der Waals surface area contributed by atoms with E-state index >= 15 is 0 Å². The Balaban J connectivity index is 0.955. The van der Waals surface area contributed by atoms with Crippen LogP contribution in [0.1, 0.15) is 17.0 Å². The molecule has 0 radical (unpaired) electrons. The highest BCUT2D eigenvalue weighted by atomic mass is 15.2. The van der Waals surface area contributed by atoms with Crippen molar-refractivity contribution in [2.45, 2.75) is 12.0 Å². The number of hydrogen-bond acceptors (Lipinski definition) is 4. The second-order valence-corrected chi connectivity index (χ2v) is 20.6. The van der Waals surface area contributed by atoms with E-state index in [4.69, 9.17) is 15.0 Å². The zero-order valence-electron chi connectivity index (χ0n) is 43.7. The number of anilines is 2. The quantitative estimate of drug-likeness (QED) is 0.137. The average Bonchev–Trinajstić information content (AvgIpc) is 4.25. The number of hydrogen-bond donors (Lipinski definition) is 0. The summed E-state index contributed by atoms with van der Waals surface area (Å²) in [6.45, 7) is 0. The third kappa shape index (κ3) is 8.14. The molecule has 0 fully saturated rings. The Hall–Kier alpha value is -10.5. The van der Waals surface area contributed by atoms with Crippen LogP contribution in [0.5, 0.6) is 0 Å². The van der Waals surface area contributed by atoms with Crippen molar-refractivity contribution in [2.75, 3.05) is 4.90 Å². The van der Waals surface area contributed by atoms with Gasteiger partial charge in [-0.15, -0.1) is 0 Å². The molecule has 0 N–H and O–H groups in total. The van der Waals surface area contributed by atoms with Gasteiger partial charge in [-0.05, 0) is 104 Å². The van der Waals surface area contributed by atoms with Gasteiger partial charge in [0.25, 0.3) is 0 Å². The summed E-state index contributed by atoms with van der Waals surface area (Å²) in [4.78, 5) is 18.9. The maximum absolute atomic E-state index is 5.53. The Morgan fingerprint density at radius 3 is 1.56 bits per heavy atom. The Bertz CT molecular complexity index is 4510. The molecule has 0 spiro atoms. The van der Waals surface area contributed by atoms with Gasteiger partial charge >= 0.3 is 0 Å². The van der Waals surface area contributed by atoms with E-state index in [-0.39, 0.29) is 12.0 Å². The average molecular weight is 1020 g/mol. The van der Waals surface area contributed by atoms with Crippen LogP contribution in [0.4, 0.5) is 11.4 Å². The number of allylic oxidation sites excluding steroid dienone is 2. The number of para-hydroxylation sites is 2. The van der Waals surface area contributed by atoms with Gasteiger partial charge in [0.15, 0.2) is 17.5 Å². The molecule has 2 unspecified atom stereocenters. The molecule has 0 bridgehead atoms. The second kappa shape index (κ2) is 19.8. The van der Waals surface area contributed by atoms with E-state index in [0.717, 1.165) is 66.8 Å².